The highest BCUT2D eigenvalue weighted by Gasteiger charge is 2.21. The molecular formula is C14H19N3O4. The van der Waals surface area contributed by atoms with Gasteiger partial charge >= 0.3 is 5.97 Å². The first kappa shape index (κ1) is 15.2. The zero-order chi connectivity index (χ0) is 15.2. The highest BCUT2D eigenvalue weighted by molar-refractivity contribution is 5.75. The largest absolute Gasteiger partial charge is 0.468 e. The van der Waals surface area contributed by atoms with E-state index >= 15 is 0 Å². The van der Waals surface area contributed by atoms with Gasteiger partial charge in [0, 0.05) is 0 Å². The van der Waals surface area contributed by atoms with E-state index in [1.807, 2.05) is 13.8 Å². The van der Waals surface area contributed by atoms with Gasteiger partial charge in [-0.1, -0.05) is 19.0 Å². The topological polar surface area (TPSA) is 90.4 Å². The summed E-state index contributed by atoms with van der Waals surface area (Å²) < 4.78 is 15.1. The van der Waals surface area contributed by atoms with E-state index in [1.54, 1.807) is 18.4 Å². The van der Waals surface area contributed by atoms with Gasteiger partial charge in [0.25, 0.3) is 0 Å². The van der Waals surface area contributed by atoms with Crippen molar-refractivity contribution in [3.63, 3.8) is 0 Å². The van der Waals surface area contributed by atoms with Crippen LogP contribution in [-0.4, -0.2) is 29.3 Å². The average molecular weight is 293 g/mol. The van der Waals surface area contributed by atoms with Gasteiger partial charge in [0.1, 0.15) is 6.04 Å². The normalized spacial score (nSPS) is 12.6. The van der Waals surface area contributed by atoms with Crippen molar-refractivity contribution in [2.24, 2.45) is 5.92 Å². The monoisotopic (exact) mass is 293 g/mol. The molecule has 0 amide bonds. The SMILES string of the molecule is COC(=O)C(CC(C)C)NCc1nc(-c2ccco2)no1. The Kier molecular flexibility index (Phi) is 5.10. The Morgan fingerprint density at radius 2 is 2.29 bits per heavy atom. The highest BCUT2D eigenvalue weighted by Crippen LogP contribution is 2.15. The van der Waals surface area contributed by atoms with Crippen LogP contribution in [0.1, 0.15) is 26.2 Å². The molecular weight excluding hydrogens is 274 g/mol. The molecule has 0 aliphatic carbocycles. The lowest BCUT2D eigenvalue weighted by atomic mass is 10.0. The van der Waals surface area contributed by atoms with E-state index < -0.39 is 6.04 Å². The average Bonchev–Trinajstić information content (AvgIpc) is 3.12. The second-order valence-corrected chi connectivity index (χ2v) is 5.08. The molecule has 0 saturated heterocycles. The fourth-order valence-electron chi connectivity index (χ4n) is 1.92. The molecule has 1 N–H and O–H groups in total. The van der Waals surface area contributed by atoms with Gasteiger partial charge in [-0.25, -0.2) is 0 Å². The van der Waals surface area contributed by atoms with Crippen LogP contribution in [0.15, 0.2) is 27.3 Å². The van der Waals surface area contributed by atoms with Crippen LogP contribution in [0.4, 0.5) is 0 Å². The summed E-state index contributed by atoms with van der Waals surface area (Å²) in [5.74, 6) is 1.38. The van der Waals surface area contributed by atoms with E-state index in [0.29, 0.717) is 36.4 Å². The van der Waals surface area contributed by atoms with Crippen molar-refractivity contribution < 1.29 is 18.5 Å². The van der Waals surface area contributed by atoms with Crippen molar-refractivity contribution in [1.29, 1.82) is 0 Å². The molecule has 7 heteroatoms. The maximum Gasteiger partial charge on any atom is 0.322 e. The Labute approximate surface area is 122 Å². The van der Waals surface area contributed by atoms with Crippen molar-refractivity contribution in [2.75, 3.05) is 7.11 Å². The summed E-state index contributed by atoms with van der Waals surface area (Å²) in [4.78, 5) is 15.9. The van der Waals surface area contributed by atoms with Gasteiger partial charge < -0.3 is 13.7 Å². The van der Waals surface area contributed by atoms with Crippen molar-refractivity contribution in [2.45, 2.75) is 32.9 Å². The standard InChI is InChI=1S/C14H19N3O4/c1-9(2)7-10(14(18)19-3)15-8-12-16-13(17-21-12)11-5-4-6-20-11/h4-6,9-10,15H,7-8H2,1-3H3. The second kappa shape index (κ2) is 7.03. The molecule has 2 rings (SSSR count). The zero-order valence-corrected chi connectivity index (χ0v) is 12.3. The number of furan rings is 1. The van der Waals surface area contributed by atoms with Crippen LogP contribution in [-0.2, 0) is 16.1 Å². The van der Waals surface area contributed by atoms with Crippen LogP contribution in [0.3, 0.4) is 0 Å². The first-order valence-corrected chi connectivity index (χ1v) is 6.77. The summed E-state index contributed by atoms with van der Waals surface area (Å²) in [5, 5.41) is 6.90. The number of esters is 1. The molecule has 1 unspecified atom stereocenters. The summed E-state index contributed by atoms with van der Waals surface area (Å²) in [7, 11) is 1.37. The Hall–Kier alpha value is -2.15. The van der Waals surface area contributed by atoms with Crippen molar-refractivity contribution in [1.82, 2.24) is 15.5 Å². The summed E-state index contributed by atoms with van der Waals surface area (Å²) in [5.41, 5.74) is 0. The van der Waals surface area contributed by atoms with Gasteiger partial charge in [-0.3, -0.25) is 10.1 Å². The number of nitrogens with zero attached hydrogens (tertiary/aromatic N) is 2. The number of nitrogens with one attached hydrogen (secondary N) is 1. The Morgan fingerprint density at radius 3 is 2.90 bits per heavy atom. The van der Waals surface area contributed by atoms with Crippen LogP contribution in [0.5, 0.6) is 0 Å². The van der Waals surface area contributed by atoms with Crippen LogP contribution >= 0.6 is 0 Å². The maximum atomic E-state index is 11.7. The Balaban J connectivity index is 1.96. The van der Waals surface area contributed by atoms with Gasteiger partial charge in [-0.05, 0) is 24.5 Å². The first-order valence-electron chi connectivity index (χ1n) is 6.77. The number of aromatic nitrogens is 2. The van der Waals surface area contributed by atoms with Gasteiger partial charge in [0.2, 0.25) is 11.7 Å². The summed E-state index contributed by atoms with van der Waals surface area (Å²) in [6.45, 7) is 4.37. The molecule has 1 atom stereocenters. The Morgan fingerprint density at radius 1 is 1.48 bits per heavy atom. The Bertz CT molecular complexity index is 563. The molecule has 0 saturated carbocycles. The third-order valence-electron chi connectivity index (χ3n) is 2.90. The molecule has 0 aliphatic heterocycles. The van der Waals surface area contributed by atoms with E-state index in [-0.39, 0.29) is 5.97 Å². The third-order valence-corrected chi connectivity index (χ3v) is 2.90. The van der Waals surface area contributed by atoms with E-state index in [0.717, 1.165) is 0 Å². The van der Waals surface area contributed by atoms with Gasteiger partial charge in [-0.2, -0.15) is 4.98 Å². The number of carbonyl (C=O) groups excluding carboxylic acids is 1. The van der Waals surface area contributed by atoms with E-state index in [4.69, 9.17) is 13.7 Å². The minimum atomic E-state index is -0.394. The number of hydrogen-bond donors (Lipinski definition) is 1. The molecule has 2 aromatic rings. The van der Waals surface area contributed by atoms with E-state index in [2.05, 4.69) is 15.5 Å². The van der Waals surface area contributed by atoms with Crippen molar-refractivity contribution in [3.05, 3.63) is 24.3 Å². The number of hydrogen-bond acceptors (Lipinski definition) is 7. The summed E-state index contributed by atoms with van der Waals surface area (Å²) >= 11 is 0. The smallest absolute Gasteiger partial charge is 0.322 e. The molecule has 0 radical (unpaired) electrons. The molecule has 114 valence electrons. The molecule has 21 heavy (non-hydrogen) atoms. The van der Waals surface area contributed by atoms with Crippen LogP contribution in [0.2, 0.25) is 0 Å². The van der Waals surface area contributed by atoms with Crippen LogP contribution in [0.25, 0.3) is 11.6 Å². The molecule has 2 aromatic heterocycles. The third kappa shape index (κ3) is 4.16. The quantitative estimate of drug-likeness (QED) is 0.781. The molecule has 0 fully saturated rings. The molecule has 0 spiro atoms. The summed E-state index contributed by atoms with van der Waals surface area (Å²) in [6, 6.07) is 3.10. The zero-order valence-electron chi connectivity index (χ0n) is 12.3. The molecule has 2 heterocycles. The van der Waals surface area contributed by atoms with Gasteiger partial charge in [0.05, 0.1) is 19.9 Å². The van der Waals surface area contributed by atoms with Gasteiger partial charge in [-0.15, -0.1) is 0 Å². The second-order valence-electron chi connectivity index (χ2n) is 5.08. The summed E-state index contributed by atoms with van der Waals surface area (Å²) in [6.07, 6.45) is 2.21. The molecule has 0 bridgehead atoms. The predicted molar refractivity (Wildman–Crippen MR) is 74.1 cm³/mol. The number of methoxy groups -OCH3 is 1. The highest BCUT2D eigenvalue weighted by atomic mass is 16.5. The van der Waals surface area contributed by atoms with Crippen LogP contribution in [0, 0.1) is 5.92 Å². The molecule has 7 nitrogen and oxygen atoms in total. The lowest BCUT2D eigenvalue weighted by molar-refractivity contribution is -0.143. The van der Waals surface area contributed by atoms with Crippen molar-refractivity contribution in [3.8, 4) is 11.6 Å². The molecule has 0 aromatic carbocycles. The predicted octanol–water partition coefficient (Wildman–Crippen LogP) is 2.01. The number of ether oxygens (including phenoxy) is 1. The van der Waals surface area contributed by atoms with Gasteiger partial charge in [0.15, 0.2) is 5.76 Å². The number of rotatable bonds is 7. The number of carbonyl (C=O) groups is 1. The fraction of sp³-hybridized carbons (Fsp3) is 0.500. The van der Waals surface area contributed by atoms with Crippen molar-refractivity contribution >= 4 is 5.97 Å². The maximum absolute atomic E-state index is 11.7. The lowest BCUT2D eigenvalue weighted by Crippen LogP contribution is -2.38. The van der Waals surface area contributed by atoms with E-state index in [9.17, 15) is 4.79 Å². The molecule has 0 aliphatic rings. The minimum absolute atomic E-state index is 0.292. The fourth-order valence-corrected chi connectivity index (χ4v) is 1.92. The first-order chi connectivity index (χ1) is 10.1. The van der Waals surface area contributed by atoms with Crippen LogP contribution < -0.4 is 5.32 Å². The minimum Gasteiger partial charge on any atom is -0.468 e. The lowest BCUT2D eigenvalue weighted by Gasteiger charge is -2.17. The van der Waals surface area contributed by atoms with E-state index in [1.165, 1.54) is 7.11 Å².